The second-order valence-electron chi connectivity index (χ2n) is 8.76. The minimum atomic E-state index is -3.51. The average Bonchev–Trinajstić information content (AvgIpc) is 2.85. The fourth-order valence-electron chi connectivity index (χ4n) is 4.22. The fourth-order valence-corrected chi connectivity index (χ4v) is 5.22. The maximum atomic E-state index is 13.0. The van der Waals surface area contributed by atoms with Crippen LogP contribution in [0.15, 0.2) is 60.7 Å². The van der Waals surface area contributed by atoms with Crippen molar-refractivity contribution < 1.29 is 22.7 Å². The molecule has 0 saturated heterocycles. The Labute approximate surface area is 214 Å². The second-order valence-corrected chi connectivity index (χ2v) is 10.7. The maximum Gasteiger partial charge on any atom is 0.251 e. The van der Waals surface area contributed by atoms with Gasteiger partial charge in [0.25, 0.3) is 5.91 Å². The first kappa shape index (κ1) is 27.1. The minimum absolute atomic E-state index is 0.176. The predicted molar refractivity (Wildman–Crippen MR) is 143 cm³/mol. The zero-order valence-corrected chi connectivity index (χ0v) is 22.5. The van der Waals surface area contributed by atoms with Crippen molar-refractivity contribution in [3.63, 3.8) is 0 Å². The summed E-state index contributed by atoms with van der Waals surface area (Å²) in [5, 5.41) is 3.07. The largest absolute Gasteiger partial charge is 0.493 e. The summed E-state index contributed by atoms with van der Waals surface area (Å²) < 4.78 is 37.4. The first-order valence-electron chi connectivity index (χ1n) is 11.7. The molecule has 0 radical (unpaired) electrons. The van der Waals surface area contributed by atoms with Gasteiger partial charge in [-0.25, -0.2) is 8.42 Å². The number of amides is 1. The highest BCUT2D eigenvalue weighted by Crippen LogP contribution is 2.31. The first-order valence-corrected chi connectivity index (χ1v) is 13.6. The van der Waals surface area contributed by atoms with Gasteiger partial charge in [0.2, 0.25) is 10.0 Å². The van der Waals surface area contributed by atoms with Gasteiger partial charge in [-0.2, -0.15) is 0 Å². The number of hydrogen-bond acceptors (Lipinski definition) is 5. The molecule has 7 nitrogen and oxygen atoms in total. The molecule has 36 heavy (non-hydrogen) atoms. The van der Waals surface area contributed by atoms with E-state index in [0.29, 0.717) is 29.2 Å². The molecule has 0 saturated carbocycles. The van der Waals surface area contributed by atoms with Crippen LogP contribution in [0, 0.1) is 13.8 Å². The number of hydrogen-bond donors (Lipinski definition) is 1. The van der Waals surface area contributed by atoms with Gasteiger partial charge in [-0.05, 0) is 66.8 Å². The first-order chi connectivity index (χ1) is 17.1. The van der Waals surface area contributed by atoms with Gasteiger partial charge >= 0.3 is 0 Å². The molecule has 0 bridgehead atoms. The van der Waals surface area contributed by atoms with E-state index in [-0.39, 0.29) is 18.5 Å². The molecule has 3 aromatic rings. The van der Waals surface area contributed by atoms with Crippen LogP contribution in [-0.2, 0) is 16.6 Å². The Morgan fingerprint density at radius 3 is 2.08 bits per heavy atom. The Morgan fingerprint density at radius 2 is 1.56 bits per heavy atom. The highest BCUT2D eigenvalue weighted by molar-refractivity contribution is 7.92. The molecule has 1 amide bonds. The van der Waals surface area contributed by atoms with Crippen molar-refractivity contribution in [1.29, 1.82) is 0 Å². The van der Waals surface area contributed by atoms with Gasteiger partial charge in [-0.1, -0.05) is 43.3 Å². The number of sulfonamides is 1. The molecule has 0 aliphatic carbocycles. The standard InChI is InChI=1S/C28H34N2O5S/c1-7-24(23-15-16-25(34-4)26(17-23)35-5)29-28(31)22-13-11-21(12-14-22)18-30(36(6,32)33)27-19(2)9-8-10-20(27)3/h8-17,24H,7,18H2,1-6H3,(H,29,31)/t24-/m1/s1. The lowest BCUT2D eigenvalue weighted by atomic mass is 10.0. The molecule has 0 aliphatic rings. The van der Waals surface area contributed by atoms with Crippen LogP contribution in [0.2, 0.25) is 0 Å². The van der Waals surface area contributed by atoms with E-state index >= 15 is 0 Å². The van der Waals surface area contributed by atoms with Crippen molar-refractivity contribution >= 4 is 21.6 Å². The lowest BCUT2D eigenvalue weighted by Gasteiger charge is -2.26. The van der Waals surface area contributed by atoms with E-state index in [9.17, 15) is 13.2 Å². The smallest absolute Gasteiger partial charge is 0.251 e. The molecule has 192 valence electrons. The second kappa shape index (κ2) is 11.5. The summed E-state index contributed by atoms with van der Waals surface area (Å²) in [7, 11) is -0.355. The number of carbonyl (C=O) groups is 1. The van der Waals surface area contributed by atoms with Gasteiger partial charge in [0, 0.05) is 5.56 Å². The molecule has 3 aromatic carbocycles. The van der Waals surface area contributed by atoms with E-state index in [1.807, 2.05) is 57.2 Å². The molecule has 0 aliphatic heterocycles. The number of nitrogens with one attached hydrogen (secondary N) is 1. The van der Waals surface area contributed by atoms with Gasteiger partial charge < -0.3 is 14.8 Å². The van der Waals surface area contributed by atoms with Crippen LogP contribution in [0.4, 0.5) is 5.69 Å². The Kier molecular flexibility index (Phi) is 8.63. The predicted octanol–water partition coefficient (Wildman–Crippen LogP) is 5.17. The quantitative estimate of drug-likeness (QED) is 0.407. The van der Waals surface area contributed by atoms with Gasteiger partial charge in [0.15, 0.2) is 11.5 Å². The number of methoxy groups -OCH3 is 2. The Bertz CT molecular complexity index is 1300. The lowest BCUT2D eigenvalue weighted by molar-refractivity contribution is 0.0935. The van der Waals surface area contributed by atoms with Crippen molar-refractivity contribution in [3.05, 3.63) is 88.5 Å². The minimum Gasteiger partial charge on any atom is -0.493 e. The topological polar surface area (TPSA) is 84.9 Å². The molecule has 3 rings (SSSR count). The van der Waals surface area contributed by atoms with E-state index in [1.54, 1.807) is 38.5 Å². The lowest BCUT2D eigenvalue weighted by Crippen LogP contribution is -2.31. The number of rotatable bonds is 10. The number of anilines is 1. The fraction of sp³-hybridized carbons (Fsp3) is 0.321. The Hall–Kier alpha value is -3.52. The molecule has 0 aromatic heterocycles. The summed E-state index contributed by atoms with van der Waals surface area (Å²) in [6, 6.07) is 18.1. The summed E-state index contributed by atoms with van der Waals surface area (Å²) in [4.78, 5) is 13.0. The third-order valence-corrected chi connectivity index (χ3v) is 7.27. The van der Waals surface area contributed by atoms with Crippen LogP contribution in [0.3, 0.4) is 0 Å². The van der Waals surface area contributed by atoms with Crippen LogP contribution >= 0.6 is 0 Å². The van der Waals surface area contributed by atoms with Gasteiger partial charge in [0.05, 0.1) is 38.7 Å². The number of para-hydroxylation sites is 1. The number of carbonyl (C=O) groups excluding carboxylic acids is 1. The molecule has 0 unspecified atom stereocenters. The zero-order chi connectivity index (χ0) is 26.5. The third-order valence-electron chi connectivity index (χ3n) is 6.16. The van der Waals surface area contributed by atoms with E-state index in [0.717, 1.165) is 22.3 Å². The molecular weight excluding hydrogens is 476 g/mol. The van der Waals surface area contributed by atoms with E-state index in [2.05, 4.69) is 5.32 Å². The summed E-state index contributed by atoms with van der Waals surface area (Å²) >= 11 is 0. The SMILES string of the molecule is CC[C@@H](NC(=O)c1ccc(CN(c2c(C)cccc2C)S(C)(=O)=O)cc1)c1ccc(OC)c(OC)c1. The highest BCUT2D eigenvalue weighted by Gasteiger charge is 2.22. The number of benzene rings is 3. The zero-order valence-electron chi connectivity index (χ0n) is 21.7. The van der Waals surface area contributed by atoms with Crippen molar-refractivity contribution in [1.82, 2.24) is 5.32 Å². The molecule has 0 heterocycles. The van der Waals surface area contributed by atoms with Crippen LogP contribution in [-0.4, -0.2) is 34.8 Å². The van der Waals surface area contributed by atoms with Crippen molar-refractivity contribution in [2.24, 2.45) is 0 Å². The van der Waals surface area contributed by atoms with Crippen LogP contribution in [0.5, 0.6) is 11.5 Å². The molecule has 0 fully saturated rings. The third kappa shape index (κ3) is 6.18. The summed E-state index contributed by atoms with van der Waals surface area (Å²) in [5.41, 5.74) is 4.65. The molecule has 8 heteroatoms. The van der Waals surface area contributed by atoms with Gasteiger partial charge in [0.1, 0.15) is 0 Å². The number of ether oxygens (including phenoxy) is 2. The molecular formula is C28H34N2O5S. The monoisotopic (exact) mass is 510 g/mol. The summed E-state index contributed by atoms with van der Waals surface area (Å²) in [5.74, 6) is 1.02. The molecule has 0 spiro atoms. The van der Waals surface area contributed by atoms with Crippen molar-refractivity contribution in [3.8, 4) is 11.5 Å². The average molecular weight is 511 g/mol. The van der Waals surface area contributed by atoms with E-state index in [1.165, 1.54) is 10.6 Å². The van der Waals surface area contributed by atoms with Crippen LogP contribution in [0.1, 0.15) is 52.0 Å². The highest BCUT2D eigenvalue weighted by atomic mass is 32.2. The number of aryl methyl sites for hydroxylation is 2. The maximum absolute atomic E-state index is 13.0. The van der Waals surface area contributed by atoms with Gasteiger partial charge in [-0.15, -0.1) is 0 Å². The molecule has 1 N–H and O–H groups in total. The van der Waals surface area contributed by atoms with E-state index in [4.69, 9.17) is 9.47 Å². The summed E-state index contributed by atoms with van der Waals surface area (Å²) in [6.45, 7) is 5.97. The van der Waals surface area contributed by atoms with Crippen molar-refractivity contribution in [2.45, 2.75) is 39.8 Å². The summed E-state index contributed by atoms with van der Waals surface area (Å²) in [6.07, 6.45) is 1.90. The Balaban J connectivity index is 1.79. The van der Waals surface area contributed by atoms with E-state index < -0.39 is 10.0 Å². The van der Waals surface area contributed by atoms with Crippen LogP contribution in [0.25, 0.3) is 0 Å². The van der Waals surface area contributed by atoms with Crippen LogP contribution < -0.4 is 19.1 Å². The Morgan fingerprint density at radius 1 is 0.944 bits per heavy atom. The van der Waals surface area contributed by atoms with Crippen molar-refractivity contribution in [2.75, 3.05) is 24.8 Å². The normalized spacial score (nSPS) is 12.1. The molecule has 1 atom stereocenters. The van der Waals surface area contributed by atoms with Gasteiger partial charge in [-0.3, -0.25) is 9.10 Å². The number of nitrogens with zero attached hydrogens (tertiary/aromatic N) is 1.